The predicted octanol–water partition coefficient (Wildman–Crippen LogP) is 4.78. The Bertz CT molecular complexity index is 1200. The summed E-state index contributed by atoms with van der Waals surface area (Å²) in [6.07, 6.45) is 1.69. The molecule has 5 heteroatoms. The number of nitrogens with zero attached hydrogens (tertiary/aromatic N) is 2. The SMILES string of the molecule is Cc1ccc2nc(CCc3ccc(NC(=O)c4ccc(C#N)cc4)cc3)[nH]c2c1. The second kappa shape index (κ2) is 7.99. The molecule has 4 rings (SSSR count). The molecule has 0 aliphatic carbocycles. The lowest BCUT2D eigenvalue weighted by molar-refractivity contribution is 0.102. The van der Waals surface area contributed by atoms with Gasteiger partial charge >= 0.3 is 0 Å². The van der Waals surface area contributed by atoms with E-state index in [0.717, 1.165) is 35.4 Å². The number of benzene rings is 3. The van der Waals surface area contributed by atoms with Gasteiger partial charge in [-0.2, -0.15) is 5.26 Å². The van der Waals surface area contributed by atoms with Crippen molar-refractivity contribution in [3.63, 3.8) is 0 Å². The lowest BCUT2D eigenvalue weighted by Gasteiger charge is -2.07. The van der Waals surface area contributed by atoms with Crippen LogP contribution in [-0.4, -0.2) is 15.9 Å². The number of amides is 1. The number of aromatic amines is 1. The van der Waals surface area contributed by atoms with Crippen LogP contribution in [0.15, 0.2) is 66.7 Å². The molecular weight excluding hydrogens is 360 g/mol. The molecule has 1 aromatic heterocycles. The second-order valence-electron chi connectivity index (χ2n) is 7.04. The molecular formula is C24H20N4O. The summed E-state index contributed by atoms with van der Waals surface area (Å²) in [5.41, 5.74) is 6.25. The highest BCUT2D eigenvalue weighted by Gasteiger charge is 2.07. The number of aryl methyl sites for hydroxylation is 3. The van der Waals surface area contributed by atoms with Gasteiger partial charge in [-0.25, -0.2) is 4.98 Å². The number of nitriles is 1. The van der Waals surface area contributed by atoms with Crippen LogP contribution in [0.4, 0.5) is 5.69 Å². The minimum Gasteiger partial charge on any atom is -0.342 e. The van der Waals surface area contributed by atoms with E-state index in [4.69, 9.17) is 5.26 Å². The highest BCUT2D eigenvalue weighted by atomic mass is 16.1. The van der Waals surface area contributed by atoms with Crippen LogP contribution in [0.1, 0.15) is 32.9 Å². The molecule has 29 heavy (non-hydrogen) atoms. The van der Waals surface area contributed by atoms with Crippen molar-refractivity contribution in [2.75, 3.05) is 5.32 Å². The number of rotatable bonds is 5. The van der Waals surface area contributed by atoms with Gasteiger partial charge < -0.3 is 10.3 Å². The van der Waals surface area contributed by atoms with Crippen molar-refractivity contribution in [1.29, 1.82) is 5.26 Å². The van der Waals surface area contributed by atoms with E-state index in [1.807, 2.05) is 36.4 Å². The van der Waals surface area contributed by atoms with Crippen LogP contribution in [-0.2, 0) is 12.8 Å². The van der Waals surface area contributed by atoms with Crippen molar-refractivity contribution in [3.8, 4) is 6.07 Å². The smallest absolute Gasteiger partial charge is 0.255 e. The quantitative estimate of drug-likeness (QED) is 0.523. The molecule has 0 bridgehead atoms. The van der Waals surface area contributed by atoms with Crippen molar-refractivity contribution in [1.82, 2.24) is 9.97 Å². The van der Waals surface area contributed by atoms with Crippen LogP contribution in [0.2, 0.25) is 0 Å². The number of fused-ring (bicyclic) bond motifs is 1. The first-order valence-corrected chi connectivity index (χ1v) is 9.46. The summed E-state index contributed by atoms with van der Waals surface area (Å²) < 4.78 is 0. The third-order valence-corrected chi connectivity index (χ3v) is 4.82. The Morgan fingerprint density at radius 1 is 1.03 bits per heavy atom. The molecule has 3 aromatic carbocycles. The Morgan fingerprint density at radius 2 is 1.79 bits per heavy atom. The summed E-state index contributed by atoms with van der Waals surface area (Å²) in [5, 5.41) is 11.7. The number of nitrogens with one attached hydrogen (secondary N) is 2. The minimum atomic E-state index is -0.195. The maximum atomic E-state index is 12.3. The Kier molecular flexibility index (Phi) is 5.08. The molecule has 0 saturated carbocycles. The van der Waals surface area contributed by atoms with Crippen LogP contribution in [0, 0.1) is 18.3 Å². The minimum absolute atomic E-state index is 0.195. The van der Waals surface area contributed by atoms with Gasteiger partial charge in [0.05, 0.1) is 22.7 Å². The van der Waals surface area contributed by atoms with Crippen LogP contribution in [0.3, 0.4) is 0 Å². The first-order valence-electron chi connectivity index (χ1n) is 9.46. The summed E-state index contributed by atoms with van der Waals surface area (Å²) in [5.74, 6) is 0.781. The first-order chi connectivity index (χ1) is 14.1. The van der Waals surface area contributed by atoms with Crippen LogP contribution in [0.5, 0.6) is 0 Å². The molecule has 1 amide bonds. The van der Waals surface area contributed by atoms with Gasteiger partial charge in [-0.15, -0.1) is 0 Å². The fraction of sp³-hybridized carbons (Fsp3) is 0.125. The molecule has 0 fully saturated rings. The lowest BCUT2D eigenvalue weighted by atomic mass is 10.1. The number of carbonyl (C=O) groups is 1. The van der Waals surface area contributed by atoms with Crippen molar-refractivity contribution in [3.05, 3.63) is 94.8 Å². The summed E-state index contributed by atoms with van der Waals surface area (Å²) in [6.45, 7) is 2.07. The molecule has 0 aliphatic rings. The third kappa shape index (κ3) is 4.33. The summed E-state index contributed by atoms with van der Waals surface area (Å²) in [6, 6.07) is 22.7. The molecule has 0 aliphatic heterocycles. The van der Waals surface area contributed by atoms with E-state index in [9.17, 15) is 4.79 Å². The van der Waals surface area contributed by atoms with Gasteiger partial charge in [0.15, 0.2) is 0 Å². The van der Waals surface area contributed by atoms with Gasteiger partial charge in [-0.1, -0.05) is 18.2 Å². The number of hydrogen-bond donors (Lipinski definition) is 2. The van der Waals surface area contributed by atoms with Gasteiger partial charge in [0.1, 0.15) is 5.82 Å². The van der Waals surface area contributed by atoms with Crippen molar-refractivity contribution >= 4 is 22.6 Å². The monoisotopic (exact) mass is 380 g/mol. The first kappa shape index (κ1) is 18.5. The zero-order chi connectivity index (χ0) is 20.2. The van der Waals surface area contributed by atoms with E-state index in [2.05, 4.69) is 34.3 Å². The number of anilines is 1. The normalized spacial score (nSPS) is 10.6. The maximum absolute atomic E-state index is 12.3. The molecule has 4 aromatic rings. The zero-order valence-electron chi connectivity index (χ0n) is 16.1. The largest absolute Gasteiger partial charge is 0.342 e. The zero-order valence-corrected chi connectivity index (χ0v) is 16.1. The lowest BCUT2D eigenvalue weighted by Crippen LogP contribution is -2.11. The molecule has 0 saturated heterocycles. The van der Waals surface area contributed by atoms with Crippen molar-refractivity contribution in [2.24, 2.45) is 0 Å². The Hall–Kier alpha value is -3.91. The number of H-pyrrole nitrogens is 1. The van der Waals surface area contributed by atoms with Crippen molar-refractivity contribution < 1.29 is 4.79 Å². The topological polar surface area (TPSA) is 81.6 Å². The second-order valence-corrected chi connectivity index (χ2v) is 7.04. The van der Waals surface area contributed by atoms with E-state index in [1.54, 1.807) is 24.3 Å². The van der Waals surface area contributed by atoms with Crippen molar-refractivity contribution in [2.45, 2.75) is 19.8 Å². The maximum Gasteiger partial charge on any atom is 0.255 e. The highest BCUT2D eigenvalue weighted by Crippen LogP contribution is 2.16. The van der Waals surface area contributed by atoms with Gasteiger partial charge in [0, 0.05) is 17.7 Å². The Labute approximate surface area is 169 Å². The molecule has 0 radical (unpaired) electrons. The van der Waals surface area contributed by atoms with E-state index in [-0.39, 0.29) is 5.91 Å². The summed E-state index contributed by atoms with van der Waals surface area (Å²) >= 11 is 0. The summed E-state index contributed by atoms with van der Waals surface area (Å²) in [4.78, 5) is 20.3. The van der Waals surface area contributed by atoms with Crippen LogP contribution >= 0.6 is 0 Å². The van der Waals surface area contributed by atoms with Gasteiger partial charge in [0.2, 0.25) is 0 Å². The molecule has 0 atom stereocenters. The number of aromatic nitrogens is 2. The molecule has 0 spiro atoms. The average Bonchev–Trinajstić information content (AvgIpc) is 3.15. The van der Waals surface area contributed by atoms with E-state index in [1.165, 1.54) is 11.1 Å². The Balaban J connectivity index is 1.36. The molecule has 2 N–H and O–H groups in total. The number of carbonyl (C=O) groups excluding carboxylic acids is 1. The van der Waals surface area contributed by atoms with E-state index in [0.29, 0.717) is 11.1 Å². The average molecular weight is 380 g/mol. The van der Waals surface area contributed by atoms with Crippen LogP contribution < -0.4 is 5.32 Å². The van der Waals surface area contributed by atoms with Gasteiger partial charge in [-0.3, -0.25) is 4.79 Å². The van der Waals surface area contributed by atoms with Crippen LogP contribution in [0.25, 0.3) is 11.0 Å². The van der Waals surface area contributed by atoms with Gasteiger partial charge in [-0.05, 0) is 73.0 Å². The molecule has 5 nitrogen and oxygen atoms in total. The van der Waals surface area contributed by atoms with Gasteiger partial charge in [0.25, 0.3) is 5.91 Å². The van der Waals surface area contributed by atoms with E-state index >= 15 is 0 Å². The molecule has 142 valence electrons. The summed E-state index contributed by atoms with van der Waals surface area (Å²) in [7, 11) is 0. The van der Waals surface area contributed by atoms with E-state index < -0.39 is 0 Å². The Morgan fingerprint density at radius 3 is 2.52 bits per heavy atom. The number of hydrogen-bond acceptors (Lipinski definition) is 3. The predicted molar refractivity (Wildman–Crippen MR) is 114 cm³/mol. The highest BCUT2D eigenvalue weighted by molar-refractivity contribution is 6.04. The fourth-order valence-electron chi connectivity index (χ4n) is 3.21. The standard InChI is InChI=1S/C24H20N4O/c1-16-2-12-21-22(14-16)28-23(27-21)13-7-17-5-10-20(11-6-17)26-24(29)19-8-3-18(15-25)4-9-19/h2-6,8-12,14H,7,13H2,1H3,(H,26,29)(H,27,28). The fourth-order valence-corrected chi connectivity index (χ4v) is 3.21. The third-order valence-electron chi connectivity index (χ3n) is 4.82. The molecule has 0 unspecified atom stereocenters. The number of imidazole rings is 1. The molecule has 1 heterocycles.